The standard InChI is InChI=1S/C25H14BrClN2O4S/c26-16-9-10-19-15(11-16)12-20(32-19)24(30)29-28-13-14-5-1-3-7-18(14)33-25(31)23-22(27)17-6-2-4-8-21(17)34-23/h1-13H,(H,29,30). The van der Waals surface area contributed by atoms with Crippen LogP contribution in [0.5, 0.6) is 5.75 Å². The van der Waals surface area contributed by atoms with E-state index in [0.29, 0.717) is 21.0 Å². The number of nitrogens with one attached hydrogen (secondary N) is 1. The van der Waals surface area contributed by atoms with Gasteiger partial charge in [0.1, 0.15) is 16.2 Å². The minimum absolute atomic E-state index is 0.129. The fourth-order valence-electron chi connectivity index (χ4n) is 3.31. The van der Waals surface area contributed by atoms with Gasteiger partial charge in [0.05, 0.1) is 11.2 Å². The fourth-order valence-corrected chi connectivity index (χ4v) is 5.08. The molecule has 168 valence electrons. The Labute approximate surface area is 210 Å². The smallest absolute Gasteiger partial charge is 0.355 e. The van der Waals surface area contributed by atoms with Crippen LogP contribution in [0.25, 0.3) is 21.1 Å². The van der Waals surface area contributed by atoms with Crippen LogP contribution in [-0.2, 0) is 0 Å². The van der Waals surface area contributed by atoms with Crippen molar-refractivity contribution in [2.75, 3.05) is 0 Å². The van der Waals surface area contributed by atoms with E-state index in [1.807, 2.05) is 36.4 Å². The molecule has 0 aliphatic rings. The van der Waals surface area contributed by atoms with Gasteiger partial charge >= 0.3 is 11.9 Å². The summed E-state index contributed by atoms with van der Waals surface area (Å²) in [4.78, 5) is 25.6. The van der Waals surface area contributed by atoms with Gasteiger partial charge in [0.2, 0.25) is 0 Å². The molecule has 0 saturated carbocycles. The molecule has 1 N–H and O–H groups in total. The molecule has 0 radical (unpaired) electrons. The minimum Gasteiger partial charge on any atom is -0.451 e. The molecule has 0 bridgehead atoms. The van der Waals surface area contributed by atoms with Crippen molar-refractivity contribution in [3.63, 3.8) is 0 Å². The van der Waals surface area contributed by atoms with Gasteiger partial charge in [0.15, 0.2) is 5.76 Å². The maximum absolute atomic E-state index is 12.8. The van der Waals surface area contributed by atoms with Crippen molar-refractivity contribution in [3.8, 4) is 5.75 Å². The molecule has 9 heteroatoms. The second-order valence-electron chi connectivity index (χ2n) is 7.16. The number of carbonyl (C=O) groups is 2. The third kappa shape index (κ3) is 4.48. The molecule has 2 aromatic heterocycles. The summed E-state index contributed by atoms with van der Waals surface area (Å²) >= 11 is 11.1. The molecule has 0 saturated heterocycles. The first kappa shape index (κ1) is 22.3. The van der Waals surface area contributed by atoms with Crippen molar-refractivity contribution >= 4 is 78.0 Å². The predicted molar refractivity (Wildman–Crippen MR) is 137 cm³/mol. The first-order valence-electron chi connectivity index (χ1n) is 10.0. The second-order valence-corrected chi connectivity index (χ2v) is 9.51. The Kier molecular flexibility index (Phi) is 6.19. The van der Waals surface area contributed by atoms with Gasteiger partial charge in [-0.1, -0.05) is 57.9 Å². The highest BCUT2D eigenvalue weighted by molar-refractivity contribution is 9.10. The zero-order chi connectivity index (χ0) is 23.7. The quantitative estimate of drug-likeness (QED) is 0.109. The minimum atomic E-state index is -0.565. The third-order valence-electron chi connectivity index (χ3n) is 4.91. The third-order valence-corrected chi connectivity index (χ3v) is 7.06. The lowest BCUT2D eigenvalue weighted by atomic mass is 10.2. The highest BCUT2D eigenvalue weighted by atomic mass is 79.9. The number of hydrogen-bond acceptors (Lipinski definition) is 6. The second kappa shape index (κ2) is 9.42. The van der Waals surface area contributed by atoms with E-state index in [9.17, 15) is 9.59 Å². The average molecular weight is 554 g/mol. The summed E-state index contributed by atoms with van der Waals surface area (Å²) in [6, 6.07) is 21.4. The predicted octanol–water partition coefficient (Wildman–Crippen LogP) is 7.05. The molecule has 5 rings (SSSR count). The van der Waals surface area contributed by atoms with Gasteiger partial charge < -0.3 is 9.15 Å². The Balaban J connectivity index is 1.31. The number of para-hydroxylation sites is 1. The Bertz CT molecular complexity index is 1590. The number of carbonyl (C=O) groups excluding carboxylic acids is 2. The Morgan fingerprint density at radius 3 is 2.71 bits per heavy atom. The monoisotopic (exact) mass is 552 g/mol. The molecule has 0 atom stereocenters. The Morgan fingerprint density at radius 2 is 1.85 bits per heavy atom. The molecular formula is C25H14BrClN2O4S. The van der Waals surface area contributed by atoms with Gasteiger partial charge in [-0.05, 0) is 42.5 Å². The molecule has 0 fully saturated rings. The van der Waals surface area contributed by atoms with Gasteiger partial charge in [-0.3, -0.25) is 4.79 Å². The molecule has 3 aromatic carbocycles. The number of fused-ring (bicyclic) bond motifs is 2. The van der Waals surface area contributed by atoms with Crippen molar-refractivity contribution in [2.45, 2.75) is 0 Å². The highest BCUT2D eigenvalue weighted by Crippen LogP contribution is 2.36. The van der Waals surface area contributed by atoms with E-state index >= 15 is 0 Å². The Morgan fingerprint density at radius 1 is 1.06 bits per heavy atom. The average Bonchev–Trinajstić information content (AvgIpc) is 3.41. The zero-order valence-electron chi connectivity index (χ0n) is 17.2. The fraction of sp³-hybridized carbons (Fsp3) is 0. The molecule has 0 aliphatic carbocycles. The summed E-state index contributed by atoms with van der Waals surface area (Å²) in [5.41, 5.74) is 3.52. The van der Waals surface area contributed by atoms with Crippen molar-refractivity contribution in [1.29, 1.82) is 0 Å². The van der Waals surface area contributed by atoms with Gasteiger partial charge in [0.25, 0.3) is 0 Å². The molecule has 0 spiro atoms. The molecule has 5 aromatic rings. The van der Waals surface area contributed by atoms with E-state index in [1.165, 1.54) is 17.6 Å². The SMILES string of the molecule is O=C(NN=Cc1ccccc1OC(=O)c1sc2ccccc2c1Cl)c1cc2cc(Br)ccc2o1. The van der Waals surface area contributed by atoms with Gasteiger partial charge in [-0.15, -0.1) is 11.3 Å². The summed E-state index contributed by atoms with van der Waals surface area (Å²) in [7, 11) is 0. The van der Waals surface area contributed by atoms with Crippen LogP contribution in [0.2, 0.25) is 5.02 Å². The van der Waals surface area contributed by atoms with Gasteiger partial charge in [-0.2, -0.15) is 5.10 Å². The maximum Gasteiger partial charge on any atom is 0.355 e. The summed E-state index contributed by atoms with van der Waals surface area (Å²) in [5.74, 6) is -0.656. The summed E-state index contributed by atoms with van der Waals surface area (Å²) in [6.07, 6.45) is 1.40. The van der Waals surface area contributed by atoms with Crippen LogP contribution in [0.1, 0.15) is 25.8 Å². The lowest BCUT2D eigenvalue weighted by Gasteiger charge is -2.06. The number of benzene rings is 3. The number of nitrogens with zero attached hydrogens (tertiary/aromatic N) is 1. The van der Waals surface area contributed by atoms with Gasteiger partial charge in [-0.25, -0.2) is 10.2 Å². The van der Waals surface area contributed by atoms with E-state index in [1.54, 1.807) is 36.4 Å². The number of amides is 1. The largest absolute Gasteiger partial charge is 0.451 e. The maximum atomic E-state index is 12.8. The van der Waals surface area contributed by atoms with Crippen LogP contribution in [0.3, 0.4) is 0 Å². The van der Waals surface area contributed by atoms with Crippen LogP contribution < -0.4 is 10.2 Å². The van der Waals surface area contributed by atoms with Crippen molar-refractivity contribution < 1.29 is 18.7 Å². The summed E-state index contributed by atoms with van der Waals surface area (Å²) in [6.45, 7) is 0. The van der Waals surface area contributed by atoms with E-state index in [4.69, 9.17) is 20.8 Å². The van der Waals surface area contributed by atoms with Crippen molar-refractivity contribution in [3.05, 3.63) is 98.5 Å². The molecule has 1 amide bonds. The lowest BCUT2D eigenvalue weighted by Crippen LogP contribution is -2.17. The van der Waals surface area contributed by atoms with Crippen molar-refractivity contribution in [2.24, 2.45) is 5.10 Å². The van der Waals surface area contributed by atoms with Crippen molar-refractivity contribution in [1.82, 2.24) is 5.43 Å². The molecule has 0 aliphatic heterocycles. The number of rotatable bonds is 5. The lowest BCUT2D eigenvalue weighted by molar-refractivity contribution is 0.0739. The summed E-state index contributed by atoms with van der Waals surface area (Å²) in [5, 5.41) is 5.95. The van der Waals surface area contributed by atoms with Crippen LogP contribution in [0, 0.1) is 0 Å². The number of thiophene rings is 1. The van der Waals surface area contributed by atoms with E-state index in [-0.39, 0.29) is 11.5 Å². The van der Waals surface area contributed by atoms with E-state index in [2.05, 4.69) is 26.5 Å². The van der Waals surface area contributed by atoms with E-state index < -0.39 is 11.9 Å². The first-order valence-corrected chi connectivity index (χ1v) is 12.0. The van der Waals surface area contributed by atoms with Crippen LogP contribution >= 0.6 is 38.9 Å². The normalized spacial score (nSPS) is 11.4. The van der Waals surface area contributed by atoms with Gasteiger partial charge in [0, 0.05) is 25.5 Å². The molecule has 2 heterocycles. The summed E-state index contributed by atoms with van der Waals surface area (Å²) < 4.78 is 12.9. The zero-order valence-corrected chi connectivity index (χ0v) is 20.4. The number of furan rings is 1. The van der Waals surface area contributed by atoms with Crippen LogP contribution in [0.4, 0.5) is 0 Å². The first-order chi connectivity index (χ1) is 16.5. The molecule has 0 unspecified atom stereocenters. The topological polar surface area (TPSA) is 80.9 Å². The number of hydrogen-bond donors (Lipinski definition) is 1. The molecule has 34 heavy (non-hydrogen) atoms. The van der Waals surface area contributed by atoms with E-state index in [0.717, 1.165) is 19.9 Å². The number of ether oxygens (including phenoxy) is 1. The molecule has 6 nitrogen and oxygen atoms in total. The number of hydrazone groups is 1. The number of esters is 1. The highest BCUT2D eigenvalue weighted by Gasteiger charge is 2.20. The van der Waals surface area contributed by atoms with Crippen LogP contribution in [0.15, 0.2) is 86.8 Å². The molecular weight excluding hydrogens is 540 g/mol. The Hall–Kier alpha value is -3.46. The number of halogens is 2. The van der Waals surface area contributed by atoms with Crippen LogP contribution in [-0.4, -0.2) is 18.1 Å².